The lowest BCUT2D eigenvalue weighted by molar-refractivity contribution is 0.102. The largest absolute Gasteiger partial charge is 0.320 e. The van der Waals surface area contributed by atoms with Gasteiger partial charge in [-0.25, -0.2) is 4.98 Å². The number of carbonyl (C=O) groups excluding carboxylic acids is 1. The number of nitrogens with one attached hydrogen (secondary N) is 1. The van der Waals surface area contributed by atoms with Gasteiger partial charge in [-0.3, -0.25) is 4.79 Å². The van der Waals surface area contributed by atoms with Gasteiger partial charge < -0.3 is 5.32 Å². The summed E-state index contributed by atoms with van der Waals surface area (Å²) in [5.41, 5.74) is 2.96. The summed E-state index contributed by atoms with van der Waals surface area (Å²) >= 11 is 3.12. The Morgan fingerprint density at radius 2 is 2.29 bits per heavy atom. The number of hydrogen-bond donors (Lipinski definition) is 1. The van der Waals surface area contributed by atoms with Crippen LogP contribution in [0.25, 0.3) is 0 Å². The fraction of sp³-hybridized carbons (Fsp3) is 0.167. The van der Waals surface area contributed by atoms with E-state index in [4.69, 9.17) is 0 Å². The smallest absolute Gasteiger partial charge is 0.275 e. The molecule has 1 amide bonds. The zero-order chi connectivity index (χ0) is 12.1. The SMILES string of the molecule is CCSc1ccccc1NC(=O)c1cscn1. The van der Waals surface area contributed by atoms with Crippen molar-refractivity contribution in [1.29, 1.82) is 0 Å². The van der Waals surface area contributed by atoms with E-state index in [1.165, 1.54) is 11.3 Å². The first-order valence-electron chi connectivity index (χ1n) is 5.22. The monoisotopic (exact) mass is 264 g/mol. The molecular formula is C12H12N2OS2. The molecule has 0 aliphatic carbocycles. The maximum absolute atomic E-state index is 11.9. The van der Waals surface area contributed by atoms with Gasteiger partial charge in [0.05, 0.1) is 11.2 Å². The van der Waals surface area contributed by atoms with Crippen LogP contribution in [-0.2, 0) is 0 Å². The highest BCUT2D eigenvalue weighted by molar-refractivity contribution is 7.99. The van der Waals surface area contributed by atoms with Gasteiger partial charge in [-0.15, -0.1) is 23.1 Å². The van der Waals surface area contributed by atoms with Crippen LogP contribution < -0.4 is 5.32 Å². The van der Waals surface area contributed by atoms with Crippen LogP contribution in [0.5, 0.6) is 0 Å². The predicted octanol–water partition coefficient (Wildman–Crippen LogP) is 3.51. The average Bonchev–Trinajstić information content (AvgIpc) is 2.85. The Bertz CT molecular complexity index is 497. The molecule has 0 fully saturated rings. The summed E-state index contributed by atoms with van der Waals surface area (Å²) in [6.45, 7) is 2.09. The lowest BCUT2D eigenvalue weighted by Gasteiger charge is -2.08. The van der Waals surface area contributed by atoms with Crippen LogP contribution in [0.4, 0.5) is 5.69 Å². The third-order valence-electron chi connectivity index (χ3n) is 2.10. The van der Waals surface area contributed by atoms with Gasteiger partial charge in [0.1, 0.15) is 5.69 Å². The fourth-order valence-corrected chi connectivity index (χ4v) is 2.65. The number of carbonyl (C=O) groups is 1. The number of para-hydroxylation sites is 1. The Kier molecular flexibility index (Phi) is 4.17. The fourth-order valence-electron chi connectivity index (χ4n) is 1.36. The van der Waals surface area contributed by atoms with E-state index in [1.54, 1.807) is 22.7 Å². The number of thiazole rings is 1. The number of amides is 1. The summed E-state index contributed by atoms with van der Waals surface area (Å²) in [6, 6.07) is 7.79. The lowest BCUT2D eigenvalue weighted by atomic mass is 10.3. The minimum absolute atomic E-state index is 0.157. The van der Waals surface area contributed by atoms with E-state index >= 15 is 0 Å². The second kappa shape index (κ2) is 5.84. The number of benzene rings is 1. The van der Waals surface area contributed by atoms with E-state index in [2.05, 4.69) is 17.2 Å². The maximum atomic E-state index is 11.9. The van der Waals surface area contributed by atoms with Crippen LogP contribution in [0.1, 0.15) is 17.4 Å². The average molecular weight is 264 g/mol. The van der Waals surface area contributed by atoms with E-state index in [0.717, 1.165) is 16.3 Å². The highest BCUT2D eigenvalue weighted by Crippen LogP contribution is 2.26. The molecule has 2 aromatic rings. The molecule has 0 bridgehead atoms. The predicted molar refractivity (Wildman–Crippen MR) is 72.9 cm³/mol. The highest BCUT2D eigenvalue weighted by Gasteiger charge is 2.10. The zero-order valence-corrected chi connectivity index (χ0v) is 11.0. The van der Waals surface area contributed by atoms with Gasteiger partial charge in [0.25, 0.3) is 5.91 Å². The number of nitrogens with zero attached hydrogens (tertiary/aromatic N) is 1. The van der Waals surface area contributed by atoms with Gasteiger partial charge in [-0.2, -0.15) is 0 Å². The molecule has 17 heavy (non-hydrogen) atoms. The maximum Gasteiger partial charge on any atom is 0.275 e. The molecule has 0 radical (unpaired) electrons. The first-order chi connectivity index (χ1) is 8.31. The van der Waals surface area contributed by atoms with Crippen molar-refractivity contribution in [2.24, 2.45) is 0 Å². The van der Waals surface area contributed by atoms with Crippen molar-refractivity contribution in [3.63, 3.8) is 0 Å². The molecule has 2 rings (SSSR count). The topological polar surface area (TPSA) is 42.0 Å². The van der Waals surface area contributed by atoms with E-state index < -0.39 is 0 Å². The second-order valence-corrected chi connectivity index (χ2v) is 5.28. The molecule has 0 aliphatic heterocycles. The minimum atomic E-state index is -0.157. The molecular weight excluding hydrogens is 252 g/mol. The van der Waals surface area contributed by atoms with Crippen molar-refractivity contribution in [3.8, 4) is 0 Å². The van der Waals surface area contributed by atoms with Crippen LogP contribution in [0.3, 0.4) is 0 Å². The summed E-state index contributed by atoms with van der Waals surface area (Å²) in [6.07, 6.45) is 0. The van der Waals surface area contributed by atoms with Crippen LogP contribution in [0.2, 0.25) is 0 Å². The van der Waals surface area contributed by atoms with Crippen molar-refractivity contribution in [2.75, 3.05) is 11.1 Å². The first kappa shape index (κ1) is 12.1. The Labute approximate surface area is 108 Å². The van der Waals surface area contributed by atoms with Gasteiger partial charge in [0, 0.05) is 10.3 Å². The van der Waals surface area contributed by atoms with Gasteiger partial charge in [0.2, 0.25) is 0 Å². The molecule has 5 heteroatoms. The van der Waals surface area contributed by atoms with Crippen LogP contribution in [0.15, 0.2) is 40.1 Å². The molecule has 1 aromatic carbocycles. The highest BCUT2D eigenvalue weighted by atomic mass is 32.2. The van der Waals surface area contributed by atoms with E-state index in [-0.39, 0.29) is 5.91 Å². The molecule has 0 unspecified atom stereocenters. The molecule has 0 aliphatic rings. The number of aromatic nitrogens is 1. The van der Waals surface area contributed by atoms with Crippen LogP contribution in [-0.4, -0.2) is 16.6 Å². The third-order valence-corrected chi connectivity index (χ3v) is 3.64. The van der Waals surface area contributed by atoms with Gasteiger partial charge in [0.15, 0.2) is 0 Å². The molecule has 1 heterocycles. The molecule has 3 nitrogen and oxygen atoms in total. The second-order valence-electron chi connectivity index (χ2n) is 3.26. The summed E-state index contributed by atoms with van der Waals surface area (Å²) in [4.78, 5) is 16.9. The van der Waals surface area contributed by atoms with E-state index in [0.29, 0.717) is 5.69 Å². The number of rotatable bonds is 4. The zero-order valence-electron chi connectivity index (χ0n) is 9.34. The number of thioether (sulfide) groups is 1. The Morgan fingerprint density at radius 3 is 3.00 bits per heavy atom. The Balaban J connectivity index is 2.15. The van der Waals surface area contributed by atoms with Crippen molar-refractivity contribution < 1.29 is 4.79 Å². The molecule has 1 N–H and O–H groups in total. The number of hydrogen-bond acceptors (Lipinski definition) is 4. The first-order valence-corrected chi connectivity index (χ1v) is 7.15. The summed E-state index contributed by atoms with van der Waals surface area (Å²) in [7, 11) is 0. The summed E-state index contributed by atoms with van der Waals surface area (Å²) in [5.74, 6) is 0.819. The van der Waals surface area contributed by atoms with Crippen LogP contribution >= 0.6 is 23.1 Å². The quantitative estimate of drug-likeness (QED) is 0.859. The molecule has 1 aromatic heterocycles. The van der Waals surface area contributed by atoms with Gasteiger partial charge >= 0.3 is 0 Å². The van der Waals surface area contributed by atoms with Crippen molar-refractivity contribution in [1.82, 2.24) is 4.98 Å². The Morgan fingerprint density at radius 1 is 1.47 bits per heavy atom. The molecule has 0 saturated carbocycles. The number of anilines is 1. The molecule has 88 valence electrons. The van der Waals surface area contributed by atoms with Crippen molar-refractivity contribution >= 4 is 34.7 Å². The van der Waals surface area contributed by atoms with Crippen LogP contribution in [0, 0.1) is 0 Å². The van der Waals surface area contributed by atoms with Crippen molar-refractivity contribution in [2.45, 2.75) is 11.8 Å². The standard InChI is InChI=1S/C12H12N2OS2/c1-2-17-11-6-4-3-5-9(11)14-12(15)10-7-16-8-13-10/h3-8H,2H2,1H3,(H,14,15). The molecule has 0 atom stereocenters. The van der Waals surface area contributed by atoms with E-state index in [1.807, 2.05) is 24.3 Å². The Hall–Kier alpha value is -1.33. The minimum Gasteiger partial charge on any atom is -0.320 e. The van der Waals surface area contributed by atoms with Gasteiger partial charge in [-0.1, -0.05) is 19.1 Å². The normalized spacial score (nSPS) is 10.2. The summed E-state index contributed by atoms with van der Waals surface area (Å²) < 4.78 is 0. The van der Waals surface area contributed by atoms with Crippen molar-refractivity contribution in [3.05, 3.63) is 40.8 Å². The van der Waals surface area contributed by atoms with E-state index in [9.17, 15) is 4.79 Å². The molecule has 0 spiro atoms. The summed E-state index contributed by atoms with van der Waals surface area (Å²) in [5, 5.41) is 4.62. The lowest BCUT2D eigenvalue weighted by Crippen LogP contribution is -2.12. The molecule has 0 saturated heterocycles. The third kappa shape index (κ3) is 3.08. The van der Waals surface area contributed by atoms with Gasteiger partial charge in [-0.05, 0) is 17.9 Å².